The minimum absolute atomic E-state index is 0.0782. The second-order valence-corrected chi connectivity index (χ2v) is 6.51. The molecule has 0 radical (unpaired) electrons. The molecule has 0 spiro atoms. The van der Waals surface area contributed by atoms with E-state index in [4.69, 9.17) is 5.84 Å². The van der Waals surface area contributed by atoms with Crippen LogP contribution in [0.3, 0.4) is 0 Å². The molecular weight excluding hydrogens is 335 g/mol. The molecule has 2 rings (SSSR count). The molecule has 1 unspecified atom stereocenters. The van der Waals surface area contributed by atoms with Gasteiger partial charge in [0.05, 0.1) is 6.04 Å². The zero-order valence-electron chi connectivity index (χ0n) is 9.40. The topological polar surface area (TPSA) is 38.0 Å². The van der Waals surface area contributed by atoms with Gasteiger partial charge in [0, 0.05) is 20.0 Å². The Labute approximate surface area is 122 Å². The molecule has 6 heteroatoms. The Hall–Kier alpha value is -0.400. The third-order valence-electron chi connectivity index (χ3n) is 2.39. The minimum atomic E-state index is -0.214. The molecule has 2 aromatic rings. The van der Waals surface area contributed by atoms with Crippen LogP contribution in [0.15, 0.2) is 45.1 Å². The van der Waals surface area contributed by atoms with Gasteiger partial charge in [-0.3, -0.25) is 11.3 Å². The Morgan fingerprint density at radius 3 is 2.61 bits per heavy atom. The Morgan fingerprint density at radius 1 is 1.33 bits per heavy atom. The summed E-state index contributed by atoms with van der Waals surface area (Å²) < 4.78 is 13.8. The Morgan fingerprint density at radius 2 is 2.06 bits per heavy atom. The number of thiophene rings is 1. The van der Waals surface area contributed by atoms with Gasteiger partial charge in [0.2, 0.25) is 0 Å². The number of rotatable bonds is 5. The van der Waals surface area contributed by atoms with Crippen LogP contribution in [-0.4, -0.2) is 5.75 Å². The molecule has 0 amide bonds. The van der Waals surface area contributed by atoms with E-state index in [2.05, 4.69) is 21.4 Å². The fourth-order valence-corrected chi connectivity index (χ4v) is 4.23. The molecule has 1 aromatic carbocycles. The van der Waals surface area contributed by atoms with Crippen LogP contribution in [0.4, 0.5) is 4.39 Å². The second kappa shape index (κ2) is 6.68. The first kappa shape index (κ1) is 14.0. The molecule has 0 fully saturated rings. The van der Waals surface area contributed by atoms with E-state index in [1.54, 1.807) is 35.2 Å². The van der Waals surface area contributed by atoms with Crippen molar-refractivity contribution in [1.29, 1.82) is 0 Å². The van der Waals surface area contributed by atoms with Crippen molar-refractivity contribution in [3.8, 4) is 0 Å². The van der Waals surface area contributed by atoms with Crippen LogP contribution < -0.4 is 11.3 Å². The fraction of sp³-hybridized carbons (Fsp3) is 0.167. The standard InChI is InChI=1S/C12H12BrFN2S2/c13-10-5-6-17-12(10)11(16-15)7-18-9-3-1-8(14)2-4-9/h1-6,11,16H,7,15H2. The number of benzene rings is 1. The van der Waals surface area contributed by atoms with Crippen molar-refractivity contribution in [2.45, 2.75) is 10.9 Å². The Bertz CT molecular complexity index is 501. The van der Waals surface area contributed by atoms with Crippen LogP contribution in [-0.2, 0) is 0 Å². The molecule has 0 aliphatic carbocycles. The maximum absolute atomic E-state index is 12.8. The van der Waals surface area contributed by atoms with Crippen molar-refractivity contribution >= 4 is 39.0 Å². The molecule has 0 bridgehead atoms. The molecule has 1 heterocycles. The lowest BCUT2D eigenvalue weighted by Crippen LogP contribution is -2.29. The molecule has 0 aliphatic rings. The number of nitrogens with two attached hydrogens (primary N) is 1. The van der Waals surface area contributed by atoms with Gasteiger partial charge in [0.1, 0.15) is 5.82 Å². The SMILES string of the molecule is NNC(CSc1ccc(F)cc1)c1sccc1Br. The van der Waals surface area contributed by atoms with E-state index in [1.807, 2.05) is 11.4 Å². The zero-order valence-corrected chi connectivity index (χ0v) is 12.6. The first-order chi connectivity index (χ1) is 8.70. The van der Waals surface area contributed by atoms with Gasteiger partial charge in [-0.15, -0.1) is 23.1 Å². The van der Waals surface area contributed by atoms with Gasteiger partial charge < -0.3 is 0 Å². The molecule has 18 heavy (non-hydrogen) atoms. The lowest BCUT2D eigenvalue weighted by atomic mass is 10.3. The molecular formula is C12H12BrFN2S2. The molecule has 0 saturated heterocycles. The number of hydrazine groups is 1. The lowest BCUT2D eigenvalue weighted by Gasteiger charge is -2.14. The van der Waals surface area contributed by atoms with Crippen molar-refractivity contribution < 1.29 is 4.39 Å². The molecule has 96 valence electrons. The predicted octanol–water partition coefficient (Wildman–Crippen LogP) is 3.95. The first-order valence-electron chi connectivity index (χ1n) is 5.28. The summed E-state index contributed by atoms with van der Waals surface area (Å²) in [4.78, 5) is 2.21. The third kappa shape index (κ3) is 3.55. The van der Waals surface area contributed by atoms with Crippen molar-refractivity contribution in [1.82, 2.24) is 5.43 Å². The number of thioether (sulfide) groups is 1. The highest BCUT2D eigenvalue weighted by Gasteiger charge is 2.14. The van der Waals surface area contributed by atoms with Gasteiger partial charge >= 0.3 is 0 Å². The van der Waals surface area contributed by atoms with E-state index < -0.39 is 0 Å². The van der Waals surface area contributed by atoms with Gasteiger partial charge in [-0.1, -0.05) is 0 Å². The molecule has 2 nitrogen and oxygen atoms in total. The second-order valence-electron chi connectivity index (χ2n) is 3.62. The highest BCUT2D eigenvalue weighted by atomic mass is 79.9. The smallest absolute Gasteiger partial charge is 0.123 e. The largest absolute Gasteiger partial charge is 0.271 e. The van der Waals surface area contributed by atoms with Crippen LogP contribution in [0.1, 0.15) is 10.9 Å². The van der Waals surface area contributed by atoms with E-state index in [-0.39, 0.29) is 11.9 Å². The molecule has 0 aliphatic heterocycles. The summed E-state index contributed by atoms with van der Waals surface area (Å²) in [5.41, 5.74) is 2.81. The number of hydrogen-bond acceptors (Lipinski definition) is 4. The van der Waals surface area contributed by atoms with E-state index in [0.717, 1.165) is 15.1 Å². The summed E-state index contributed by atoms with van der Waals surface area (Å²) in [6, 6.07) is 8.57. The summed E-state index contributed by atoms with van der Waals surface area (Å²) in [5, 5.41) is 2.02. The molecule has 1 aromatic heterocycles. The van der Waals surface area contributed by atoms with Crippen molar-refractivity contribution in [2.24, 2.45) is 5.84 Å². The van der Waals surface area contributed by atoms with Crippen molar-refractivity contribution in [2.75, 3.05) is 5.75 Å². The van der Waals surface area contributed by atoms with Gasteiger partial charge in [0.15, 0.2) is 0 Å². The van der Waals surface area contributed by atoms with E-state index >= 15 is 0 Å². The highest BCUT2D eigenvalue weighted by Crippen LogP contribution is 2.32. The van der Waals surface area contributed by atoms with Gasteiger partial charge in [-0.2, -0.15) is 0 Å². The Balaban J connectivity index is 2.00. The fourth-order valence-electron chi connectivity index (χ4n) is 1.46. The summed E-state index contributed by atoms with van der Waals surface area (Å²) >= 11 is 6.80. The number of nitrogens with one attached hydrogen (secondary N) is 1. The summed E-state index contributed by atoms with van der Waals surface area (Å²) in [6.07, 6.45) is 0. The lowest BCUT2D eigenvalue weighted by molar-refractivity contribution is 0.618. The third-order valence-corrected chi connectivity index (χ3v) is 5.48. The predicted molar refractivity (Wildman–Crippen MR) is 79.2 cm³/mol. The first-order valence-corrected chi connectivity index (χ1v) is 7.94. The quantitative estimate of drug-likeness (QED) is 0.489. The monoisotopic (exact) mass is 346 g/mol. The average molecular weight is 347 g/mol. The van der Waals surface area contributed by atoms with Crippen LogP contribution in [0.5, 0.6) is 0 Å². The van der Waals surface area contributed by atoms with Crippen LogP contribution in [0.2, 0.25) is 0 Å². The van der Waals surface area contributed by atoms with E-state index in [9.17, 15) is 4.39 Å². The van der Waals surface area contributed by atoms with Gasteiger partial charge in [-0.05, 0) is 51.6 Å². The molecule has 1 atom stereocenters. The molecule has 0 saturated carbocycles. The minimum Gasteiger partial charge on any atom is -0.271 e. The van der Waals surface area contributed by atoms with Crippen LogP contribution >= 0.6 is 39.0 Å². The Kier molecular flexibility index (Phi) is 5.20. The van der Waals surface area contributed by atoms with E-state index in [0.29, 0.717) is 0 Å². The summed E-state index contributed by atoms with van der Waals surface area (Å²) in [5.74, 6) is 6.16. The van der Waals surface area contributed by atoms with Gasteiger partial charge in [0.25, 0.3) is 0 Å². The normalized spacial score (nSPS) is 12.6. The zero-order chi connectivity index (χ0) is 13.0. The van der Waals surface area contributed by atoms with E-state index in [1.165, 1.54) is 17.0 Å². The van der Waals surface area contributed by atoms with Crippen LogP contribution in [0.25, 0.3) is 0 Å². The molecule has 3 N–H and O–H groups in total. The number of halogens is 2. The number of hydrogen-bond donors (Lipinski definition) is 2. The van der Waals surface area contributed by atoms with Crippen molar-refractivity contribution in [3.63, 3.8) is 0 Å². The highest BCUT2D eigenvalue weighted by molar-refractivity contribution is 9.10. The summed E-state index contributed by atoms with van der Waals surface area (Å²) in [6.45, 7) is 0. The van der Waals surface area contributed by atoms with Crippen LogP contribution in [0, 0.1) is 5.82 Å². The average Bonchev–Trinajstić information content (AvgIpc) is 2.79. The maximum Gasteiger partial charge on any atom is 0.123 e. The van der Waals surface area contributed by atoms with Crippen molar-refractivity contribution in [3.05, 3.63) is 50.9 Å². The van der Waals surface area contributed by atoms with Gasteiger partial charge in [-0.25, -0.2) is 4.39 Å². The summed E-state index contributed by atoms with van der Waals surface area (Å²) in [7, 11) is 0. The maximum atomic E-state index is 12.8.